The zero-order chi connectivity index (χ0) is 44.6. The molecule has 1 aliphatic heterocycles. The minimum atomic E-state index is -1.62. The Labute approximate surface area is 366 Å². The van der Waals surface area contributed by atoms with Crippen LogP contribution in [0.1, 0.15) is 218 Å². The number of fused-ring (bicyclic) bond motifs is 1. The third kappa shape index (κ3) is 19.6. The highest BCUT2D eigenvalue weighted by Gasteiger charge is 2.37. The molecule has 0 aliphatic carbocycles. The summed E-state index contributed by atoms with van der Waals surface area (Å²) in [6.07, 6.45) is 28.6. The quantitative estimate of drug-likeness (QED) is 0.0283. The van der Waals surface area contributed by atoms with Crippen molar-refractivity contribution in [3.05, 3.63) is 22.3 Å². The number of nitrogens with one attached hydrogen (secondary N) is 1. The van der Waals surface area contributed by atoms with Crippen LogP contribution < -0.4 is 14.8 Å². The lowest BCUT2D eigenvalue weighted by molar-refractivity contribution is -0.164. The van der Waals surface area contributed by atoms with Gasteiger partial charge in [0.15, 0.2) is 0 Å². The molecule has 0 saturated carbocycles. The van der Waals surface area contributed by atoms with Crippen LogP contribution in [0.2, 0.25) is 0 Å². The van der Waals surface area contributed by atoms with Crippen LogP contribution in [0.3, 0.4) is 0 Å². The van der Waals surface area contributed by atoms with Gasteiger partial charge in [-0.25, -0.2) is 9.59 Å². The van der Waals surface area contributed by atoms with E-state index in [1.807, 2.05) is 20.8 Å². The van der Waals surface area contributed by atoms with E-state index in [0.717, 1.165) is 79.2 Å². The molecule has 0 aromatic heterocycles. The molecular formula is C51H89NO8. The van der Waals surface area contributed by atoms with Crippen LogP contribution in [-0.2, 0) is 25.5 Å². The van der Waals surface area contributed by atoms with Crippen LogP contribution >= 0.6 is 0 Å². The number of carbonyl (C=O) groups is 3. The fraction of sp³-hybridized carbons (Fsp3) is 0.824. The number of rotatable bonds is 32. The Morgan fingerprint density at radius 3 is 1.75 bits per heavy atom. The number of aliphatic hydroxyl groups excluding tert-OH is 2. The van der Waals surface area contributed by atoms with Crippen molar-refractivity contribution in [2.45, 2.75) is 234 Å². The molecule has 9 nitrogen and oxygen atoms in total. The van der Waals surface area contributed by atoms with E-state index in [-0.39, 0.29) is 17.9 Å². The van der Waals surface area contributed by atoms with E-state index in [1.54, 1.807) is 0 Å². The Morgan fingerprint density at radius 2 is 1.22 bits per heavy atom. The molecule has 0 saturated heterocycles. The first-order chi connectivity index (χ1) is 28.6. The zero-order valence-corrected chi connectivity index (χ0v) is 39.9. The molecule has 1 heterocycles. The lowest BCUT2D eigenvalue weighted by Crippen LogP contribution is -2.58. The lowest BCUT2D eigenvalue weighted by atomic mass is 9.83. The van der Waals surface area contributed by atoms with Gasteiger partial charge in [0.25, 0.3) is 0 Å². The van der Waals surface area contributed by atoms with Crippen LogP contribution in [0.5, 0.6) is 11.5 Å². The first kappa shape index (κ1) is 53.5. The molecular weight excluding hydrogens is 755 g/mol. The fourth-order valence-electron chi connectivity index (χ4n) is 8.73. The van der Waals surface area contributed by atoms with Gasteiger partial charge in [-0.3, -0.25) is 4.79 Å². The highest BCUT2D eigenvalue weighted by molar-refractivity contribution is 6.30. The van der Waals surface area contributed by atoms with Crippen molar-refractivity contribution in [3.8, 4) is 11.5 Å². The summed E-state index contributed by atoms with van der Waals surface area (Å²) in [7, 11) is 0. The molecule has 0 radical (unpaired) electrons. The predicted molar refractivity (Wildman–Crippen MR) is 245 cm³/mol. The number of benzene rings is 1. The molecule has 3 N–H and O–H groups in total. The number of hydrogen-bond acceptors (Lipinski definition) is 8. The Balaban J connectivity index is 1.81. The van der Waals surface area contributed by atoms with Gasteiger partial charge in [0.1, 0.15) is 29.2 Å². The molecule has 1 aliphatic rings. The van der Waals surface area contributed by atoms with Crippen LogP contribution in [0, 0.1) is 38.5 Å². The monoisotopic (exact) mass is 844 g/mol. The van der Waals surface area contributed by atoms with Crippen molar-refractivity contribution in [1.29, 1.82) is 0 Å². The molecule has 3 atom stereocenters. The van der Waals surface area contributed by atoms with Crippen molar-refractivity contribution in [2.75, 3.05) is 19.8 Å². The number of unbranched alkanes of at least 4 members (excludes halogenated alkanes) is 12. The van der Waals surface area contributed by atoms with Gasteiger partial charge >= 0.3 is 11.9 Å². The number of aliphatic hydroxyl groups is 2. The van der Waals surface area contributed by atoms with E-state index >= 15 is 0 Å². The maximum atomic E-state index is 13.1. The molecule has 1 aromatic rings. The summed E-state index contributed by atoms with van der Waals surface area (Å²) in [6, 6.07) is 0. The first-order valence-electron chi connectivity index (χ1n) is 24.3. The summed E-state index contributed by atoms with van der Waals surface area (Å²) >= 11 is 0. The second-order valence-electron chi connectivity index (χ2n) is 19.5. The third-order valence-corrected chi connectivity index (χ3v) is 13.2. The highest BCUT2D eigenvalue weighted by Crippen LogP contribution is 2.45. The van der Waals surface area contributed by atoms with E-state index in [2.05, 4.69) is 46.9 Å². The summed E-state index contributed by atoms with van der Waals surface area (Å²) in [4.78, 5) is 38.7. The summed E-state index contributed by atoms with van der Waals surface area (Å²) in [5.74, 6) is 0.623. The van der Waals surface area contributed by atoms with Gasteiger partial charge < -0.3 is 29.7 Å². The standard InChI is InChI=1S/C51H89NO8/c1-10-11-12-13-14-15-16-17-18-19-20-21-22-31-45(55)52-51(35-53,36-54)37-58-48(56)49(57)59-46-41(6)42(7)47-44(43(46)8)32-34-50(9,60-47)33-25-30-40(5)29-24-28-39(4)27-23-26-38(2)3/h38-40,53-54H,10-37H2,1-9H3,(H,52,55). The molecule has 0 spiro atoms. The molecule has 1 aromatic carbocycles. The topological polar surface area (TPSA) is 131 Å². The van der Waals surface area contributed by atoms with Crippen LogP contribution in [0.4, 0.5) is 0 Å². The summed E-state index contributed by atoms with van der Waals surface area (Å²) in [5.41, 5.74) is 1.42. The van der Waals surface area contributed by atoms with Crippen molar-refractivity contribution in [1.82, 2.24) is 5.32 Å². The second kappa shape index (κ2) is 28.9. The first-order valence-corrected chi connectivity index (χ1v) is 24.3. The number of hydrogen-bond donors (Lipinski definition) is 3. The minimum absolute atomic E-state index is 0.228. The Hall–Kier alpha value is -2.65. The van der Waals surface area contributed by atoms with Crippen LogP contribution in [0.15, 0.2) is 0 Å². The fourth-order valence-corrected chi connectivity index (χ4v) is 8.73. The summed E-state index contributed by atoms with van der Waals surface area (Å²) < 4.78 is 17.7. The van der Waals surface area contributed by atoms with Crippen molar-refractivity contribution >= 4 is 17.8 Å². The van der Waals surface area contributed by atoms with E-state index in [9.17, 15) is 24.6 Å². The van der Waals surface area contributed by atoms with E-state index in [4.69, 9.17) is 14.2 Å². The van der Waals surface area contributed by atoms with Gasteiger partial charge in [0.2, 0.25) is 5.91 Å². The van der Waals surface area contributed by atoms with Crippen molar-refractivity contribution in [2.24, 2.45) is 17.8 Å². The largest absolute Gasteiger partial charge is 0.487 e. The maximum Gasteiger partial charge on any atom is 0.422 e. The lowest BCUT2D eigenvalue weighted by Gasteiger charge is -2.38. The Bertz CT molecular complexity index is 1400. The molecule has 60 heavy (non-hydrogen) atoms. The molecule has 3 unspecified atom stereocenters. The van der Waals surface area contributed by atoms with Gasteiger partial charge in [-0.05, 0) is 94.2 Å². The molecule has 9 heteroatoms. The van der Waals surface area contributed by atoms with E-state index in [1.165, 1.54) is 103 Å². The maximum absolute atomic E-state index is 13.1. The second-order valence-corrected chi connectivity index (χ2v) is 19.5. The SMILES string of the molecule is CCCCCCCCCCCCCCCC(=O)NC(CO)(CO)COC(=O)C(=O)Oc1c(C)c(C)c2c(c1C)CCC(C)(CCCC(C)CCCC(C)CCCC(C)C)O2. The predicted octanol–water partition coefficient (Wildman–Crippen LogP) is 11.9. The van der Waals surface area contributed by atoms with Gasteiger partial charge in [-0.15, -0.1) is 0 Å². The van der Waals surface area contributed by atoms with Gasteiger partial charge in [-0.2, -0.15) is 0 Å². The number of amides is 1. The minimum Gasteiger partial charge on any atom is -0.487 e. The number of esters is 2. The molecule has 2 rings (SSSR count). The highest BCUT2D eigenvalue weighted by atomic mass is 16.6. The average Bonchev–Trinajstić information content (AvgIpc) is 3.21. The van der Waals surface area contributed by atoms with Gasteiger partial charge in [0, 0.05) is 12.0 Å². The van der Waals surface area contributed by atoms with Crippen molar-refractivity contribution in [3.63, 3.8) is 0 Å². The van der Waals surface area contributed by atoms with Crippen molar-refractivity contribution < 1.29 is 38.8 Å². The van der Waals surface area contributed by atoms with Gasteiger partial charge in [-0.1, -0.05) is 157 Å². The smallest absolute Gasteiger partial charge is 0.422 e. The number of ether oxygens (including phenoxy) is 3. The van der Waals surface area contributed by atoms with Crippen LogP contribution in [0.25, 0.3) is 0 Å². The summed E-state index contributed by atoms with van der Waals surface area (Å²) in [6.45, 7) is 17.6. The van der Waals surface area contributed by atoms with Crippen LogP contribution in [-0.4, -0.2) is 59.0 Å². The molecule has 0 bridgehead atoms. The number of carbonyl (C=O) groups excluding carboxylic acids is 3. The molecule has 346 valence electrons. The van der Waals surface area contributed by atoms with E-state index < -0.39 is 37.3 Å². The molecule has 1 amide bonds. The Kier molecular flexibility index (Phi) is 25.7. The Morgan fingerprint density at radius 1 is 0.700 bits per heavy atom. The van der Waals surface area contributed by atoms with Gasteiger partial charge in [0.05, 0.1) is 13.2 Å². The molecule has 0 fully saturated rings. The third-order valence-electron chi connectivity index (χ3n) is 13.2. The summed E-state index contributed by atoms with van der Waals surface area (Å²) in [5, 5.41) is 22.9. The normalized spacial score (nSPS) is 16.3. The zero-order valence-electron chi connectivity index (χ0n) is 39.9. The van der Waals surface area contributed by atoms with E-state index in [0.29, 0.717) is 23.7 Å². The average molecular weight is 844 g/mol.